The molecule has 0 bridgehead atoms. The Bertz CT molecular complexity index is 523. The number of amides is 1. The number of nitrogens with one attached hydrogen (secondary N) is 2. The van der Waals surface area contributed by atoms with E-state index in [9.17, 15) is 13.2 Å². The van der Waals surface area contributed by atoms with Gasteiger partial charge in [-0.05, 0) is 17.7 Å². The van der Waals surface area contributed by atoms with Gasteiger partial charge in [0.15, 0.2) is 0 Å². The predicted octanol–water partition coefficient (Wildman–Crippen LogP) is 0.860. The smallest absolute Gasteiger partial charge is 0.247 e. The molecule has 0 spiro atoms. The minimum absolute atomic E-state index is 0.131. The SMILES string of the molecule is C=CC(=O)Nc1ccccc1CNS(C)(=O)=O. The van der Waals surface area contributed by atoms with Crippen LogP contribution >= 0.6 is 0 Å². The average molecular weight is 254 g/mol. The third-order valence-corrected chi connectivity index (χ3v) is 2.65. The van der Waals surface area contributed by atoms with E-state index in [4.69, 9.17) is 0 Å². The van der Waals surface area contributed by atoms with Crippen LogP contribution in [0.3, 0.4) is 0 Å². The summed E-state index contributed by atoms with van der Waals surface area (Å²) >= 11 is 0. The van der Waals surface area contributed by atoms with Gasteiger partial charge in [0.25, 0.3) is 0 Å². The second-order valence-corrected chi connectivity index (χ2v) is 5.28. The molecule has 0 aliphatic carbocycles. The Kier molecular flexibility index (Phi) is 4.42. The van der Waals surface area contributed by atoms with Crippen molar-refractivity contribution in [2.24, 2.45) is 0 Å². The quantitative estimate of drug-likeness (QED) is 0.765. The molecule has 0 unspecified atom stereocenters. The molecule has 0 aliphatic rings. The zero-order valence-electron chi connectivity index (χ0n) is 9.43. The third kappa shape index (κ3) is 4.80. The molecule has 0 heterocycles. The fourth-order valence-corrected chi connectivity index (χ4v) is 1.61. The van der Waals surface area contributed by atoms with Gasteiger partial charge in [0, 0.05) is 12.2 Å². The standard InChI is InChI=1S/C11H14N2O3S/c1-3-11(14)13-10-7-5-4-6-9(10)8-12-17(2,15)16/h3-7,12H,1,8H2,2H3,(H,13,14). The molecule has 2 N–H and O–H groups in total. The molecule has 6 heteroatoms. The van der Waals surface area contributed by atoms with Crippen molar-refractivity contribution in [3.05, 3.63) is 42.5 Å². The van der Waals surface area contributed by atoms with Crippen LogP contribution in [0.15, 0.2) is 36.9 Å². The van der Waals surface area contributed by atoms with Crippen molar-refractivity contribution in [3.8, 4) is 0 Å². The van der Waals surface area contributed by atoms with Gasteiger partial charge in [-0.1, -0.05) is 24.8 Å². The maximum atomic E-state index is 11.2. The molecule has 0 saturated carbocycles. The molecule has 0 fully saturated rings. The molecular weight excluding hydrogens is 240 g/mol. The Morgan fingerprint density at radius 1 is 1.41 bits per heavy atom. The van der Waals surface area contributed by atoms with Crippen LogP contribution in [0.25, 0.3) is 0 Å². The van der Waals surface area contributed by atoms with Gasteiger partial charge in [-0.3, -0.25) is 4.79 Å². The molecule has 0 radical (unpaired) electrons. The lowest BCUT2D eigenvalue weighted by molar-refractivity contribution is -0.111. The summed E-state index contributed by atoms with van der Waals surface area (Å²) in [5, 5.41) is 2.60. The zero-order valence-corrected chi connectivity index (χ0v) is 10.3. The molecule has 17 heavy (non-hydrogen) atoms. The third-order valence-electron chi connectivity index (χ3n) is 1.99. The molecule has 5 nitrogen and oxygen atoms in total. The van der Waals surface area contributed by atoms with Crippen molar-refractivity contribution < 1.29 is 13.2 Å². The Balaban J connectivity index is 2.84. The number of carbonyl (C=O) groups is 1. The summed E-state index contributed by atoms with van der Waals surface area (Å²) in [7, 11) is -3.26. The van der Waals surface area contributed by atoms with Crippen molar-refractivity contribution in [1.82, 2.24) is 4.72 Å². The molecule has 1 amide bonds. The van der Waals surface area contributed by atoms with Crippen LogP contribution in [-0.4, -0.2) is 20.6 Å². The molecule has 0 atom stereocenters. The van der Waals surface area contributed by atoms with Gasteiger partial charge >= 0.3 is 0 Å². The zero-order chi connectivity index (χ0) is 12.9. The number of anilines is 1. The first-order valence-electron chi connectivity index (χ1n) is 4.88. The van der Waals surface area contributed by atoms with E-state index in [0.717, 1.165) is 12.3 Å². The molecule has 1 aromatic rings. The van der Waals surface area contributed by atoms with Gasteiger partial charge in [0.05, 0.1) is 6.26 Å². The van der Waals surface area contributed by atoms with E-state index in [1.807, 2.05) is 0 Å². The fraction of sp³-hybridized carbons (Fsp3) is 0.182. The average Bonchev–Trinajstić information content (AvgIpc) is 2.26. The highest BCUT2D eigenvalue weighted by molar-refractivity contribution is 7.88. The molecule has 1 aromatic carbocycles. The van der Waals surface area contributed by atoms with Crippen molar-refractivity contribution in [1.29, 1.82) is 0 Å². The van der Waals surface area contributed by atoms with Crippen LogP contribution in [0.2, 0.25) is 0 Å². The minimum Gasteiger partial charge on any atom is -0.322 e. The largest absolute Gasteiger partial charge is 0.322 e. The summed E-state index contributed by atoms with van der Waals surface area (Å²) in [6.45, 7) is 3.48. The van der Waals surface area contributed by atoms with E-state index in [-0.39, 0.29) is 12.5 Å². The van der Waals surface area contributed by atoms with Crippen LogP contribution in [0, 0.1) is 0 Å². The van der Waals surface area contributed by atoms with Gasteiger partial charge < -0.3 is 5.32 Å². The lowest BCUT2D eigenvalue weighted by Crippen LogP contribution is -2.22. The number of hydrogen-bond donors (Lipinski definition) is 2. The first-order chi connectivity index (χ1) is 7.92. The number of benzene rings is 1. The summed E-state index contributed by atoms with van der Waals surface area (Å²) in [5.74, 6) is -0.336. The molecule has 92 valence electrons. The predicted molar refractivity (Wildman–Crippen MR) is 67.0 cm³/mol. The van der Waals surface area contributed by atoms with Gasteiger partial charge in [-0.25, -0.2) is 13.1 Å². The van der Waals surface area contributed by atoms with Crippen molar-refractivity contribution in [2.75, 3.05) is 11.6 Å². The summed E-state index contributed by atoms with van der Waals surface area (Å²) in [6, 6.07) is 6.95. The monoisotopic (exact) mass is 254 g/mol. The molecule has 1 rings (SSSR count). The Hall–Kier alpha value is -1.66. The van der Waals surface area contributed by atoms with Crippen LogP contribution in [0.5, 0.6) is 0 Å². The minimum atomic E-state index is -3.26. The summed E-state index contributed by atoms with van der Waals surface area (Å²) in [5.41, 5.74) is 1.25. The van der Waals surface area contributed by atoms with Crippen LogP contribution in [0.1, 0.15) is 5.56 Å². The number of hydrogen-bond acceptors (Lipinski definition) is 3. The maximum Gasteiger partial charge on any atom is 0.247 e. The van der Waals surface area contributed by atoms with Gasteiger partial charge in [-0.2, -0.15) is 0 Å². The summed E-state index contributed by atoms with van der Waals surface area (Å²) in [6.07, 6.45) is 2.23. The number of sulfonamides is 1. The second-order valence-electron chi connectivity index (χ2n) is 3.44. The van der Waals surface area contributed by atoms with E-state index in [1.54, 1.807) is 24.3 Å². The van der Waals surface area contributed by atoms with Gasteiger partial charge in [0.2, 0.25) is 15.9 Å². The highest BCUT2D eigenvalue weighted by Crippen LogP contribution is 2.14. The van der Waals surface area contributed by atoms with Gasteiger partial charge in [-0.15, -0.1) is 0 Å². The highest BCUT2D eigenvalue weighted by atomic mass is 32.2. The van der Waals surface area contributed by atoms with Crippen LogP contribution in [0.4, 0.5) is 5.69 Å². The van der Waals surface area contributed by atoms with Crippen molar-refractivity contribution >= 4 is 21.6 Å². The Morgan fingerprint density at radius 3 is 2.65 bits per heavy atom. The maximum absolute atomic E-state index is 11.2. The Morgan fingerprint density at radius 2 is 2.06 bits per heavy atom. The highest BCUT2D eigenvalue weighted by Gasteiger charge is 2.06. The van der Waals surface area contributed by atoms with E-state index >= 15 is 0 Å². The lowest BCUT2D eigenvalue weighted by atomic mass is 10.2. The lowest BCUT2D eigenvalue weighted by Gasteiger charge is -2.09. The second kappa shape index (κ2) is 5.60. The van der Waals surface area contributed by atoms with Crippen molar-refractivity contribution in [2.45, 2.75) is 6.54 Å². The molecular formula is C11H14N2O3S. The van der Waals surface area contributed by atoms with Crippen LogP contribution < -0.4 is 10.0 Å². The summed E-state index contributed by atoms with van der Waals surface area (Å²) < 4.78 is 24.3. The first kappa shape index (κ1) is 13.4. The normalized spacial score (nSPS) is 10.9. The summed E-state index contributed by atoms with van der Waals surface area (Å²) in [4.78, 5) is 11.2. The van der Waals surface area contributed by atoms with Gasteiger partial charge in [0.1, 0.15) is 0 Å². The van der Waals surface area contributed by atoms with E-state index in [1.165, 1.54) is 0 Å². The number of rotatable bonds is 5. The topological polar surface area (TPSA) is 75.3 Å². The molecule has 0 aliphatic heterocycles. The van der Waals surface area contributed by atoms with Crippen molar-refractivity contribution in [3.63, 3.8) is 0 Å². The van der Waals surface area contributed by atoms with E-state index in [0.29, 0.717) is 11.3 Å². The number of carbonyl (C=O) groups excluding carboxylic acids is 1. The first-order valence-corrected chi connectivity index (χ1v) is 6.77. The van der Waals surface area contributed by atoms with E-state index < -0.39 is 10.0 Å². The van der Waals surface area contributed by atoms with E-state index in [2.05, 4.69) is 16.6 Å². The molecule has 0 aromatic heterocycles. The Labute approximate surface area is 101 Å². The van der Waals surface area contributed by atoms with Crippen LogP contribution in [-0.2, 0) is 21.4 Å². The molecule has 0 saturated heterocycles. The number of para-hydroxylation sites is 1. The fourth-order valence-electron chi connectivity index (χ4n) is 1.19.